The third kappa shape index (κ3) is 15.6. The van der Waals surface area contributed by atoms with Gasteiger partial charge in [0.05, 0.1) is 33.0 Å². The highest BCUT2D eigenvalue weighted by molar-refractivity contribution is 5.92. The number of ether oxygens (including phenoxy) is 4. The Hall–Kier alpha value is -4.93. The van der Waals surface area contributed by atoms with Crippen molar-refractivity contribution in [1.29, 1.82) is 0 Å². The quantitative estimate of drug-likeness (QED) is 0.0673. The molecule has 0 radical (unpaired) electrons. The van der Waals surface area contributed by atoms with Gasteiger partial charge in [0.1, 0.15) is 36.2 Å². The predicted octanol–water partition coefficient (Wildman–Crippen LogP) is 2.08. The number of nitrogens with one attached hydrogen (secondary N) is 4. The largest absolute Gasteiger partial charge is 0.494 e. The summed E-state index contributed by atoms with van der Waals surface area (Å²) >= 11 is 0. The minimum absolute atomic E-state index is 0.0197. The van der Waals surface area contributed by atoms with Gasteiger partial charge in [-0.05, 0) is 61.1 Å². The molecule has 16 heteroatoms. The van der Waals surface area contributed by atoms with Gasteiger partial charge in [0.25, 0.3) is 11.8 Å². The SMILES string of the molecule is CCCCOc1ccc(C[C@H](NC(=O)N2CCCC2C(=O)NNC(=O)[C@H](Cc2ccc(OCCCC)cc2)NC(=O)COCCOCCN)C(=O)O)cc1. The highest BCUT2D eigenvalue weighted by Gasteiger charge is 2.36. The number of unbranched alkanes of at least 4 members (excludes halogenated alkanes) is 2. The molecule has 54 heavy (non-hydrogen) atoms. The average Bonchev–Trinajstić information content (AvgIpc) is 3.67. The Labute approximate surface area is 316 Å². The molecule has 1 unspecified atom stereocenters. The maximum Gasteiger partial charge on any atom is 0.326 e. The van der Waals surface area contributed by atoms with E-state index in [2.05, 4.69) is 35.3 Å². The number of carboxylic acid groups (broad SMARTS) is 1. The van der Waals surface area contributed by atoms with Gasteiger partial charge in [0.15, 0.2) is 0 Å². The molecule has 5 amide bonds. The predicted molar refractivity (Wildman–Crippen MR) is 200 cm³/mol. The van der Waals surface area contributed by atoms with Crippen molar-refractivity contribution in [2.75, 3.05) is 52.7 Å². The van der Waals surface area contributed by atoms with Crippen LogP contribution in [-0.4, -0.2) is 111 Å². The summed E-state index contributed by atoms with van der Waals surface area (Å²) in [6.45, 7) is 6.32. The van der Waals surface area contributed by atoms with Gasteiger partial charge < -0.3 is 45.3 Å². The van der Waals surface area contributed by atoms with E-state index >= 15 is 0 Å². The number of aliphatic carboxylic acids is 1. The molecule has 298 valence electrons. The van der Waals surface area contributed by atoms with E-state index in [4.69, 9.17) is 24.7 Å². The molecule has 16 nitrogen and oxygen atoms in total. The Morgan fingerprint density at radius 3 is 1.91 bits per heavy atom. The Bertz CT molecular complexity index is 1460. The van der Waals surface area contributed by atoms with E-state index in [0.29, 0.717) is 56.3 Å². The first-order valence-electron chi connectivity index (χ1n) is 18.6. The van der Waals surface area contributed by atoms with Gasteiger partial charge in [0.2, 0.25) is 5.91 Å². The Morgan fingerprint density at radius 2 is 1.35 bits per heavy atom. The number of nitrogens with two attached hydrogens (primary N) is 1. The summed E-state index contributed by atoms with van der Waals surface area (Å²) in [5.41, 5.74) is 11.6. The van der Waals surface area contributed by atoms with Crippen LogP contribution >= 0.6 is 0 Å². The van der Waals surface area contributed by atoms with Crippen molar-refractivity contribution < 1.29 is 48.0 Å². The number of rotatable bonds is 24. The third-order valence-corrected chi connectivity index (χ3v) is 8.50. The number of hydrogen-bond donors (Lipinski definition) is 6. The highest BCUT2D eigenvalue weighted by Crippen LogP contribution is 2.19. The molecule has 1 saturated heterocycles. The standard InChI is InChI=1S/C38H56N6O10/c1-3-5-19-53-29-13-9-27(10-14-29)24-31(40-34(45)26-52-23-22-51-21-17-39)35(46)42-43-36(47)33-8-7-18-44(33)38(50)41-32(37(48)49)25-28-11-15-30(16-12-28)54-20-6-4-2/h9-16,31-33H,3-8,17-26,39H2,1-2H3,(H,40,45)(H,41,50)(H,42,46)(H,43,47)(H,48,49)/t31-,32-,33?/m0/s1. The zero-order valence-electron chi connectivity index (χ0n) is 31.3. The molecule has 3 rings (SSSR count). The second-order valence-corrected chi connectivity index (χ2v) is 12.8. The minimum Gasteiger partial charge on any atom is -0.494 e. The molecule has 0 spiro atoms. The number of urea groups is 1. The van der Waals surface area contributed by atoms with Crippen molar-refractivity contribution in [2.45, 2.75) is 83.3 Å². The third-order valence-electron chi connectivity index (χ3n) is 8.50. The maximum absolute atomic E-state index is 13.4. The molecule has 3 atom stereocenters. The molecule has 1 fully saturated rings. The summed E-state index contributed by atoms with van der Waals surface area (Å²) in [7, 11) is 0. The van der Waals surface area contributed by atoms with Crippen molar-refractivity contribution in [3.05, 3.63) is 59.7 Å². The molecule has 0 saturated carbocycles. The van der Waals surface area contributed by atoms with Crippen LogP contribution in [0.15, 0.2) is 48.5 Å². The second-order valence-electron chi connectivity index (χ2n) is 12.8. The van der Waals surface area contributed by atoms with Crippen LogP contribution in [0.4, 0.5) is 4.79 Å². The van der Waals surface area contributed by atoms with Crippen LogP contribution in [0.1, 0.15) is 63.5 Å². The van der Waals surface area contributed by atoms with Crippen LogP contribution in [0.2, 0.25) is 0 Å². The first kappa shape index (κ1) is 43.5. The van der Waals surface area contributed by atoms with Gasteiger partial charge >= 0.3 is 12.0 Å². The highest BCUT2D eigenvalue weighted by atomic mass is 16.5. The van der Waals surface area contributed by atoms with Crippen LogP contribution in [0, 0.1) is 0 Å². The molecular weight excluding hydrogens is 700 g/mol. The number of nitrogens with zero attached hydrogens (tertiary/aromatic N) is 1. The van der Waals surface area contributed by atoms with Gasteiger partial charge in [-0.2, -0.15) is 0 Å². The van der Waals surface area contributed by atoms with Crippen LogP contribution in [-0.2, 0) is 41.5 Å². The first-order chi connectivity index (χ1) is 26.1. The molecule has 7 N–H and O–H groups in total. The maximum atomic E-state index is 13.4. The zero-order chi connectivity index (χ0) is 39.1. The van der Waals surface area contributed by atoms with E-state index in [1.807, 2.05) is 0 Å². The van der Waals surface area contributed by atoms with E-state index in [1.54, 1.807) is 48.5 Å². The van der Waals surface area contributed by atoms with Crippen molar-refractivity contribution in [3.63, 3.8) is 0 Å². The molecule has 0 bridgehead atoms. The van der Waals surface area contributed by atoms with Gasteiger partial charge in [-0.1, -0.05) is 51.0 Å². The number of hydrazine groups is 1. The van der Waals surface area contributed by atoms with Crippen molar-refractivity contribution in [3.8, 4) is 11.5 Å². The fourth-order valence-corrected chi connectivity index (χ4v) is 5.51. The summed E-state index contributed by atoms with van der Waals surface area (Å²) in [5.74, 6) is -1.80. The fraction of sp³-hybridized carbons (Fsp3) is 0.553. The lowest BCUT2D eigenvalue weighted by atomic mass is 10.1. The second kappa shape index (κ2) is 24.4. The first-order valence-corrected chi connectivity index (χ1v) is 18.6. The van der Waals surface area contributed by atoms with Crippen LogP contribution in [0.5, 0.6) is 11.5 Å². The number of likely N-dealkylation sites (tertiary alicyclic amines) is 1. The van der Waals surface area contributed by atoms with Crippen LogP contribution < -0.4 is 36.7 Å². The van der Waals surface area contributed by atoms with E-state index < -0.39 is 47.8 Å². The van der Waals surface area contributed by atoms with Gasteiger partial charge in [0, 0.05) is 25.9 Å². The minimum atomic E-state index is -1.25. The Kier molecular flexibility index (Phi) is 19.6. The monoisotopic (exact) mass is 756 g/mol. The number of carboxylic acids is 1. The number of hydrogen-bond acceptors (Lipinski definition) is 10. The van der Waals surface area contributed by atoms with E-state index in [1.165, 1.54) is 4.90 Å². The lowest BCUT2D eigenvalue weighted by Crippen LogP contribution is -2.58. The van der Waals surface area contributed by atoms with E-state index in [9.17, 15) is 29.1 Å². The van der Waals surface area contributed by atoms with Gasteiger partial charge in [-0.15, -0.1) is 0 Å². The van der Waals surface area contributed by atoms with Gasteiger partial charge in [-0.25, -0.2) is 9.59 Å². The van der Waals surface area contributed by atoms with E-state index in [-0.39, 0.29) is 39.2 Å². The van der Waals surface area contributed by atoms with E-state index in [0.717, 1.165) is 31.2 Å². The Morgan fingerprint density at radius 1 is 0.778 bits per heavy atom. The topological polar surface area (TPSA) is 220 Å². The summed E-state index contributed by atoms with van der Waals surface area (Å²) in [5, 5.41) is 15.1. The van der Waals surface area contributed by atoms with Gasteiger partial charge in [-0.3, -0.25) is 25.2 Å². The molecular formula is C38H56N6O10. The molecule has 1 aliphatic heterocycles. The lowest BCUT2D eigenvalue weighted by Gasteiger charge is -2.26. The summed E-state index contributed by atoms with van der Waals surface area (Å²) in [4.78, 5) is 66.0. The lowest BCUT2D eigenvalue weighted by molar-refractivity contribution is -0.139. The van der Waals surface area contributed by atoms with Crippen LogP contribution in [0.3, 0.4) is 0 Å². The summed E-state index contributed by atoms with van der Waals surface area (Å²) < 4.78 is 22.0. The molecule has 0 aliphatic carbocycles. The smallest absolute Gasteiger partial charge is 0.326 e. The summed E-state index contributed by atoms with van der Waals surface area (Å²) in [6, 6.07) is 10.1. The van der Waals surface area contributed by atoms with Crippen molar-refractivity contribution in [2.24, 2.45) is 5.73 Å². The zero-order valence-corrected chi connectivity index (χ0v) is 31.3. The molecule has 1 heterocycles. The molecule has 2 aromatic carbocycles. The molecule has 2 aromatic rings. The van der Waals surface area contributed by atoms with Crippen LogP contribution in [0.25, 0.3) is 0 Å². The Balaban J connectivity index is 1.59. The van der Waals surface area contributed by atoms with Crippen molar-refractivity contribution >= 4 is 29.7 Å². The summed E-state index contributed by atoms with van der Waals surface area (Å²) in [6.07, 6.45) is 4.73. The number of benzene rings is 2. The fourth-order valence-electron chi connectivity index (χ4n) is 5.51. The number of amides is 5. The average molecular weight is 757 g/mol. The molecule has 0 aromatic heterocycles. The van der Waals surface area contributed by atoms with Crippen molar-refractivity contribution in [1.82, 2.24) is 26.4 Å². The number of carbonyl (C=O) groups is 5. The molecule has 1 aliphatic rings. The number of carbonyl (C=O) groups excluding carboxylic acids is 4. The normalized spacial score (nSPS) is 14.8.